The Hall–Kier alpha value is -3.94. The van der Waals surface area contributed by atoms with E-state index in [4.69, 9.17) is 9.47 Å². The molecule has 1 saturated heterocycles. The third-order valence-corrected chi connectivity index (χ3v) is 5.19. The van der Waals surface area contributed by atoms with Gasteiger partial charge >= 0.3 is 0 Å². The summed E-state index contributed by atoms with van der Waals surface area (Å²) in [5.74, 6) is -0.0784. The Morgan fingerprint density at radius 1 is 1.13 bits per heavy atom. The van der Waals surface area contributed by atoms with E-state index in [0.29, 0.717) is 23.5 Å². The summed E-state index contributed by atoms with van der Waals surface area (Å²) >= 11 is 0. The van der Waals surface area contributed by atoms with E-state index in [-0.39, 0.29) is 24.4 Å². The van der Waals surface area contributed by atoms with Gasteiger partial charge in [0.15, 0.2) is 11.5 Å². The minimum absolute atomic E-state index is 0.0606. The second kappa shape index (κ2) is 6.84. The van der Waals surface area contributed by atoms with Crippen molar-refractivity contribution in [1.82, 2.24) is 9.80 Å². The lowest BCUT2D eigenvalue weighted by Crippen LogP contribution is -2.40. The van der Waals surface area contributed by atoms with Crippen molar-refractivity contribution in [3.05, 3.63) is 65.4 Å². The number of guanidine groups is 1. The summed E-state index contributed by atoms with van der Waals surface area (Å²) in [6, 6.07) is 13.8. The fraction of sp³-hybridized carbons (Fsp3) is 0.182. The number of benzene rings is 2. The predicted molar refractivity (Wildman–Crippen MR) is 106 cm³/mol. The average Bonchev–Trinajstić information content (AvgIpc) is 3.39. The molecule has 8 nitrogen and oxygen atoms in total. The van der Waals surface area contributed by atoms with Crippen LogP contribution in [-0.4, -0.2) is 46.3 Å². The monoisotopic (exact) mass is 403 g/mol. The van der Waals surface area contributed by atoms with Gasteiger partial charge in [0.25, 0.3) is 11.8 Å². The average molecular weight is 403 g/mol. The molecule has 0 saturated carbocycles. The smallest absolute Gasteiger partial charge is 0.286 e. The molecule has 3 aliphatic heterocycles. The molecule has 0 aliphatic carbocycles. The molecule has 1 atom stereocenters. The molecule has 0 N–H and O–H groups in total. The molecule has 2 aromatic rings. The maximum atomic E-state index is 13.0. The Balaban J connectivity index is 1.49. The number of ether oxygens (including phenoxy) is 2. The Bertz CT molecular complexity index is 1140. The highest BCUT2D eigenvalue weighted by molar-refractivity contribution is 6.29. The van der Waals surface area contributed by atoms with Crippen molar-refractivity contribution in [3.63, 3.8) is 0 Å². The number of amides is 3. The molecule has 0 aromatic heterocycles. The van der Waals surface area contributed by atoms with Crippen LogP contribution in [0.5, 0.6) is 11.5 Å². The van der Waals surface area contributed by atoms with E-state index in [9.17, 15) is 14.4 Å². The van der Waals surface area contributed by atoms with Crippen molar-refractivity contribution in [2.24, 2.45) is 4.99 Å². The van der Waals surface area contributed by atoms with Crippen LogP contribution in [0, 0.1) is 0 Å². The van der Waals surface area contributed by atoms with Gasteiger partial charge in [0.2, 0.25) is 18.7 Å². The maximum Gasteiger partial charge on any atom is 0.286 e. The van der Waals surface area contributed by atoms with Crippen LogP contribution >= 0.6 is 0 Å². The van der Waals surface area contributed by atoms with Crippen LogP contribution in [0.3, 0.4) is 0 Å². The molecule has 0 radical (unpaired) electrons. The lowest BCUT2D eigenvalue weighted by atomic mass is 10.0. The van der Waals surface area contributed by atoms with Gasteiger partial charge in [-0.3, -0.25) is 19.3 Å². The topological polar surface area (TPSA) is 88.5 Å². The molecular weight excluding hydrogens is 386 g/mol. The number of aliphatic imine (C=N–C) groups is 1. The number of rotatable bonds is 3. The zero-order valence-electron chi connectivity index (χ0n) is 16.1. The van der Waals surface area contributed by atoms with Crippen LogP contribution < -0.4 is 9.47 Å². The molecule has 0 bridgehead atoms. The van der Waals surface area contributed by atoms with Gasteiger partial charge in [-0.15, -0.1) is 0 Å². The first-order valence-corrected chi connectivity index (χ1v) is 9.45. The third kappa shape index (κ3) is 2.85. The molecule has 1 fully saturated rings. The first kappa shape index (κ1) is 18.1. The molecule has 150 valence electrons. The molecular formula is C22H17N3O5. The lowest BCUT2D eigenvalue weighted by Gasteiger charge is -2.19. The lowest BCUT2D eigenvalue weighted by molar-refractivity contribution is -0.138. The molecule has 30 heavy (non-hydrogen) atoms. The third-order valence-electron chi connectivity index (χ3n) is 5.19. The highest BCUT2D eigenvalue weighted by atomic mass is 16.7. The van der Waals surface area contributed by atoms with Gasteiger partial charge in [-0.25, -0.2) is 9.89 Å². The Labute approximate surface area is 172 Å². The van der Waals surface area contributed by atoms with Crippen LogP contribution in [-0.2, 0) is 20.8 Å². The summed E-state index contributed by atoms with van der Waals surface area (Å²) < 4.78 is 10.6. The van der Waals surface area contributed by atoms with Gasteiger partial charge in [-0.2, -0.15) is 0 Å². The van der Waals surface area contributed by atoms with Gasteiger partial charge < -0.3 is 9.47 Å². The second-order valence-electron chi connectivity index (χ2n) is 7.13. The number of carbonyl (C=O) groups is 3. The zero-order valence-corrected chi connectivity index (χ0v) is 16.1. The van der Waals surface area contributed by atoms with E-state index in [1.165, 1.54) is 11.8 Å². The van der Waals surface area contributed by atoms with Crippen LogP contribution in [0.15, 0.2) is 59.2 Å². The van der Waals surface area contributed by atoms with Gasteiger partial charge in [0.1, 0.15) is 11.7 Å². The van der Waals surface area contributed by atoms with Crippen molar-refractivity contribution in [2.75, 3.05) is 6.79 Å². The van der Waals surface area contributed by atoms with Crippen LogP contribution in [0.4, 0.5) is 0 Å². The maximum absolute atomic E-state index is 13.0. The normalized spacial score (nSPS) is 20.8. The first-order chi connectivity index (χ1) is 14.5. The molecule has 3 heterocycles. The largest absolute Gasteiger partial charge is 0.454 e. The molecule has 8 heteroatoms. The van der Waals surface area contributed by atoms with E-state index in [2.05, 4.69) is 4.99 Å². The van der Waals surface area contributed by atoms with Crippen LogP contribution in [0.25, 0.3) is 6.08 Å². The molecule has 5 rings (SSSR count). The van der Waals surface area contributed by atoms with Crippen LogP contribution in [0.1, 0.15) is 18.1 Å². The van der Waals surface area contributed by atoms with Crippen LogP contribution in [0.2, 0.25) is 0 Å². The van der Waals surface area contributed by atoms with E-state index in [1.807, 2.05) is 30.3 Å². The summed E-state index contributed by atoms with van der Waals surface area (Å²) in [4.78, 5) is 44.9. The van der Waals surface area contributed by atoms with Crippen molar-refractivity contribution in [1.29, 1.82) is 0 Å². The van der Waals surface area contributed by atoms with Gasteiger partial charge in [0.05, 0.1) is 0 Å². The van der Waals surface area contributed by atoms with E-state index in [0.717, 1.165) is 10.5 Å². The standard InChI is InChI=1S/C22H17N3O5/c1-13(26)24-17(10-14-5-3-2-4-6-14)21(28)25-20(27)16(23-22(24)25)9-15-7-8-18-19(11-15)30-12-29-18/h2-9,11,17H,10,12H2,1H3/b16-9-. The van der Waals surface area contributed by atoms with E-state index >= 15 is 0 Å². The van der Waals surface area contributed by atoms with Gasteiger partial charge in [-0.05, 0) is 29.3 Å². The summed E-state index contributed by atoms with van der Waals surface area (Å²) in [5, 5.41) is 0. The van der Waals surface area contributed by atoms with Crippen molar-refractivity contribution >= 4 is 29.8 Å². The summed E-state index contributed by atoms with van der Waals surface area (Å²) in [7, 11) is 0. The number of fused-ring (bicyclic) bond motifs is 2. The SMILES string of the molecule is CC(=O)N1C2=N/C(=C\c3ccc4c(c3)OCO4)C(=O)N2C(=O)C1Cc1ccccc1. The van der Waals surface area contributed by atoms with Crippen molar-refractivity contribution < 1.29 is 23.9 Å². The fourth-order valence-corrected chi connectivity index (χ4v) is 3.80. The Morgan fingerprint density at radius 2 is 1.90 bits per heavy atom. The second-order valence-corrected chi connectivity index (χ2v) is 7.13. The van der Waals surface area contributed by atoms with Gasteiger partial charge in [-0.1, -0.05) is 36.4 Å². The molecule has 0 spiro atoms. The highest BCUT2D eigenvalue weighted by Crippen LogP contribution is 2.34. The Kier molecular flexibility index (Phi) is 4.13. The summed E-state index contributed by atoms with van der Waals surface area (Å²) in [6.45, 7) is 1.51. The molecule has 3 amide bonds. The van der Waals surface area contributed by atoms with Gasteiger partial charge in [0, 0.05) is 13.3 Å². The first-order valence-electron chi connectivity index (χ1n) is 9.45. The minimum Gasteiger partial charge on any atom is -0.454 e. The molecule has 1 unspecified atom stereocenters. The number of hydrogen-bond acceptors (Lipinski definition) is 6. The van der Waals surface area contributed by atoms with Crippen molar-refractivity contribution in [2.45, 2.75) is 19.4 Å². The zero-order chi connectivity index (χ0) is 20.8. The number of imide groups is 1. The number of carbonyl (C=O) groups excluding carboxylic acids is 3. The number of nitrogens with zero attached hydrogens (tertiary/aromatic N) is 3. The summed E-state index contributed by atoms with van der Waals surface area (Å²) in [6.07, 6.45) is 1.87. The quantitative estimate of drug-likeness (QED) is 0.577. The summed E-state index contributed by atoms with van der Waals surface area (Å²) in [5.41, 5.74) is 1.66. The van der Waals surface area contributed by atoms with E-state index < -0.39 is 17.9 Å². The highest BCUT2D eigenvalue weighted by Gasteiger charge is 2.52. The number of hydrogen-bond donors (Lipinski definition) is 0. The Morgan fingerprint density at radius 3 is 2.67 bits per heavy atom. The minimum atomic E-state index is -0.792. The molecule has 3 aliphatic rings. The van der Waals surface area contributed by atoms with Crippen molar-refractivity contribution in [3.8, 4) is 11.5 Å². The molecule has 2 aromatic carbocycles. The predicted octanol–water partition coefficient (Wildman–Crippen LogP) is 1.95. The fourth-order valence-electron chi connectivity index (χ4n) is 3.80. The van der Waals surface area contributed by atoms with E-state index in [1.54, 1.807) is 24.3 Å².